The summed E-state index contributed by atoms with van der Waals surface area (Å²) in [5, 5.41) is 7.58. The van der Waals surface area contributed by atoms with Crippen LogP contribution in [-0.2, 0) is 11.2 Å². The molecule has 0 aliphatic carbocycles. The molecule has 114 valence electrons. The molecule has 0 amide bonds. The molecular formula is C14H26N4O2. The number of rotatable bonds is 7. The fourth-order valence-electron chi connectivity index (χ4n) is 2.53. The molecule has 1 atom stereocenters. The van der Waals surface area contributed by atoms with Crippen molar-refractivity contribution in [2.24, 2.45) is 5.92 Å². The van der Waals surface area contributed by atoms with E-state index in [0.717, 1.165) is 51.6 Å². The Hall–Kier alpha value is -1.14. The normalized spacial score (nSPS) is 17.7. The molecule has 2 heterocycles. The molecule has 0 spiro atoms. The highest BCUT2D eigenvalue weighted by molar-refractivity contribution is 5.28. The second-order valence-electron chi connectivity index (χ2n) is 5.68. The van der Waals surface area contributed by atoms with Crippen molar-refractivity contribution in [3.05, 3.63) is 5.89 Å². The van der Waals surface area contributed by atoms with Gasteiger partial charge in [0.1, 0.15) is 0 Å². The van der Waals surface area contributed by atoms with Crippen LogP contribution in [0.4, 0.5) is 5.95 Å². The molecule has 1 aliphatic rings. The van der Waals surface area contributed by atoms with E-state index < -0.39 is 0 Å². The lowest BCUT2D eigenvalue weighted by Gasteiger charge is -2.24. The van der Waals surface area contributed by atoms with Gasteiger partial charge in [-0.2, -0.15) is 4.98 Å². The van der Waals surface area contributed by atoms with Gasteiger partial charge in [-0.3, -0.25) is 0 Å². The van der Waals surface area contributed by atoms with Crippen LogP contribution in [0.2, 0.25) is 0 Å². The average Bonchev–Trinajstić information content (AvgIpc) is 2.88. The van der Waals surface area contributed by atoms with Gasteiger partial charge < -0.3 is 19.5 Å². The summed E-state index contributed by atoms with van der Waals surface area (Å²) in [4.78, 5) is 6.63. The molecule has 2 rings (SSSR count). The summed E-state index contributed by atoms with van der Waals surface area (Å²) in [7, 11) is 0. The molecule has 1 fully saturated rings. The molecule has 1 aromatic heterocycles. The van der Waals surface area contributed by atoms with Crippen molar-refractivity contribution in [3.8, 4) is 0 Å². The van der Waals surface area contributed by atoms with Gasteiger partial charge >= 0.3 is 0 Å². The van der Waals surface area contributed by atoms with Gasteiger partial charge in [0, 0.05) is 25.6 Å². The number of morpholine rings is 1. The summed E-state index contributed by atoms with van der Waals surface area (Å²) >= 11 is 0. The summed E-state index contributed by atoms with van der Waals surface area (Å²) in [5.41, 5.74) is 0. The van der Waals surface area contributed by atoms with E-state index in [0.29, 0.717) is 17.9 Å². The third-order valence-corrected chi connectivity index (χ3v) is 3.42. The van der Waals surface area contributed by atoms with E-state index in [1.807, 2.05) is 0 Å². The minimum absolute atomic E-state index is 0.401. The number of nitrogens with one attached hydrogen (secondary N) is 1. The summed E-state index contributed by atoms with van der Waals surface area (Å²) in [5.74, 6) is 2.07. The molecule has 1 aliphatic heterocycles. The molecular weight excluding hydrogens is 256 g/mol. The van der Waals surface area contributed by atoms with E-state index in [-0.39, 0.29) is 0 Å². The quantitative estimate of drug-likeness (QED) is 0.817. The Labute approximate surface area is 120 Å². The van der Waals surface area contributed by atoms with Crippen molar-refractivity contribution in [2.45, 2.75) is 39.7 Å². The first kappa shape index (κ1) is 15.3. The lowest BCUT2D eigenvalue weighted by Crippen LogP contribution is -2.37. The summed E-state index contributed by atoms with van der Waals surface area (Å²) < 4.78 is 10.7. The van der Waals surface area contributed by atoms with Crippen LogP contribution in [0.25, 0.3) is 0 Å². The molecule has 1 saturated heterocycles. The number of aromatic nitrogens is 2. The maximum absolute atomic E-state index is 5.39. The van der Waals surface area contributed by atoms with Crippen LogP contribution in [0.15, 0.2) is 4.52 Å². The van der Waals surface area contributed by atoms with Crippen molar-refractivity contribution in [2.75, 3.05) is 37.7 Å². The highest BCUT2D eigenvalue weighted by Gasteiger charge is 2.19. The predicted octanol–water partition coefficient (Wildman–Crippen LogP) is 1.47. The monoisotopic (exact) mass is 282 g/mol. The van der Waals surface area contributed by atoms with E-state index in [9.17, 15) is 0 Å². The van der Waals surface area contributed by atoms with E-state index in [1.54, 1.807) is 0 Å². The topological polar surface area (TPSA) is 63.4 Å². The number of hydrogen-bond acceptors (Lipinski definition) is 6. The minimum Gasteiger partial charge on any atom is -0.378 e. The first-order valence-corrected chi connectivity index (χ1v) is 7.57. The van der Waals surface area contributed by atoms with Crippen LogP contribution >= 0.6 is 0 Å². The molecule has 0 saturated carbocycles. The lowest BCUT2D eigenvalue weighted by molar-refractivity contribution is 0.121. The summed E-state index contributed by atoms with van der Waals surface area (Å²) in [6.07, 6.45) is 1.91. The van der Waals surface area contributed by atoms with Gasteiger partial charge in [0.25, 0.3) is 5.95 Å². The highest BCUT2D eigenvalue weighted by atomic mass is 16.5. The zero-order valence-corrected chi connectivity index (χ0v) is 12.8. The summed E-state index contributed by atoms with van der Waals surface area (Å²) in [6, 6.07) is 0.401. The fraction of sp³-hybridized carbons (Fsp3) is 0.857. The second kappa shape index (κ2) is 7.59. The Kier molecular flexibility index (Phi) is 5.79. The second-order valence-corrected chi connectivity index (χ2v) is 5.68. The number of ether oxygens (including phenoxy) is 1. The summed E-state index contributed by atoms with van der Waals surface area (Å²) in [6.45, 7) is 10.7. The number of hydrogen-bond donors (Lipinski definition) is 1. The van der Waals surface area contributed by atoms with Crippen LogP contribution in [0, 0.1) is 5.92 Å². The molecule has 0 bridgehead atoms. The highest BCUT2D eigenvalue weighted by Crippen LogP contribution is 2.14. The fourth-order valence-corrected chi connectivity index (χ4v) is 2.53. The molecule has 1 N–H and O–H groups in total. The third-order valence-electron chi connectivity index (χ3n) is 3.42. The van der Waals surface area contributed by atoms with Crippen molar-refractivity contribution in [3.63, 3.8) is 0 Å². The van der Waals surface area contributed by atoms with E-state index in [1.165, 1.54) is 0 Å². The van der Waals surface area contributed by atoms with E-state index in [2.05, 4.69) is 41.1 Å². The maximum Gasteiger partial charge on any atom is 0.266 e. The standard InChI is InChI=1S/C14H26N4O2/c1-4-15-12(9-11(2)3)10-13-16-14(17-20-13)18-5-7-19-8-6-18/h11-12,15H,4-10H2,1-3H3. The Morgan fingerprint density at radius 1 is 1.30 bits per heavy atom. The predicted molar refractivity (Wildman–Crippen MR) is 78.0 cm³/mol. The van der Waals surface area contributed by atoms with Crippen LogP contribution in [0.1, 0.15) is 33.1 Å². The zero-order valence-electron chi connectivity index (χ0n) is 12.8. The van der Waals surface area contributed by atoms with E-state index in [4.69, 9.17) is 9.26 Å². The first-order chi connectivity index (χ1) is 9.69. The maximum atomic E-state index is 5.39. The van der Waals surface area contributed by atoms with Crippen LogP contribution < -0.4 is 10.2 Å². The van der Waals surface area contributed by atoms with Crippen molar-refractivity contribution < 1.29 is 9.26 Å². The molecule has 20 heavy (non-hydrogen) atoms. The van der Waals surface area contributed by atoms with Crippen molar-refractivity contribution >= 4 is 5.95 Å². The van der Waals surface area contributed by atoms with Gasteiger partial charge in [0.15, 0.2) is 0 Å². The van der Waals surface area contributed by atoms with Gasteiger partial charge in [0.05, 0.1) is 13.2 Å². The average molecular weight is 282 g/mol. The van der Waals surface area contributed by atoms with Crippen molar-refractivity contribution in [1.29, 1.82) is 0 Å². The molecule has 0 radical (unpaired) electrons. The van der Waals surface area contributed by atoms with Crippen LogP contribution in [0.3, 0.4) is 0 Å². The molecule has 6 nitrogen and oxygen atoms in total. The smallest absolute Gasteiger partial charge is 0.266 e. The Balaban J connectivity index is 1.92. The SMILES string of the molecule is CCNC(Cc1nc(N2CCOCC2)no1)CC(C)C. The van der Waals surface area contributed by atoms with Crippen LogP contribution in [0.5, 0.6) is 0 Å². The largest absolute Gasteiger partial charge is 0.378 e. The van der Waals surface area contributed by atoms with Gasteiger partial charge in [0.2, 0.25) is 5.89 Å². The van der Waals surface area contributed by atoms with Gasteiger partial charge in [-0.15, -0.1) is 0 Å². The van der Waals surface area contributed by atoms with Crippen molar-refractivity contribution in [1.82, 2.24) is 15.5 Å². The van der Waals surface area contributed by atoms with Gasteiger partial charge in [-0.05, 0) is 24.0 Å². The van der Waals surface area contributed by atoms with Gasteiger partial charge in [-0.25, -0.2) is 0 Å². The Bertz CT molecular complexity index is 388. The molecule has 1 aromatic rings. The third kappa shape index (κ3) is 4.45. The molecule has 0 aromatic carbocycles. The van der Waals surface area contributed by atoms with Crippen LogP contribution in [-0.4, -0.2) is 49.0 Å². The minimum atomic E-state index is 0.401. The zero-order chi connectivity index (χ0) is 14.4. The first-order valence-electron chi connectivity index (χ1n) is 7.57. The van der Waals surface area contributed by atoms with E-state index >= 15 is 0 Å². The lowest BCUT2D eigenvalue weighted by atomic mass is 10.0. The molecule has 1 unspecified atom stereocenters. The number of nitrogens with zero attached hydrogens (tertiary/aromatic N) is 3. The number of anilines is 1. The Morgan fingerprint density at radius 2 is 2.05 bits per heavy atom. The van der Waals surface area contributed by atoms with Gasteiger partial charge in [-0.1, -0.05) is 20.8 Å². The Morgan fingerprint density at radius 3 is 2.70 bits per heavy atom. The molecule has 6 heteroatoms. The number of likely N-dealkylation sites (N-methyl/N-ethyl adjacent to an activating group) is 1.